The zero-order valence-electron chi connectivity index (χ0n) is 42.1. The summed E-state index contributed by atoms with van der Waals surface area (Å²) in [6.07, 6.45) is 0. The molecule has 0 amide bonds. The molecule has 0 atom stereocenters. The Hall–Kier alpha value is 19.3. The van der Waals surface area contributed by atoms with E-state index in [9.17, 15) is 0 Å². The Labute approximate surface area is 1170 Å². The van der Waals surface area contributed by atoms with E-state index in [4.69, 9.17) is 126 Å². The predicted octanol–water partition coefficient (Wildman–Crippen LogP) is -53.5. The van der Waals surface area contributed by atoms with Crippen molar-refractivity contribution in [1.29, 1.82) is 126 Å². The SMILES string of the molecule is N#[C][Fe-3]([C]#N)([C]#N)([C]#N)([C]#N)[C]#N.N#[C][Fe-3]([C]#N)([C]#N)([C]#N)([C]#N)[C]#N.N#[C][Fe-3]([C]#N)([C]#N)([C]#N)([C]#N)[C]#N.N#[C][Fe-3]([C]#N)([C]#N)([C]#N)([C]#N)[C]#N.[K+].[K+].[K+].[K+].[K+].[K+].[K+].[K+].[K+].[K+].[K+].[K+].[K+].[K+].[K+].[K+].[K+].[K+]. The van der Waals surface area contributed by atoms with Crippen LogP contribution < -0.4 is 925 Å². The normalized spacial score (nSPS) is 9.94. The van der Waals surface area contributed by atoms with E-state index in [-0.39, 0.29) is 925 Å². The van der Waals surface area contributed by atoms with Crippen LogP contribution in [0, 0.1) is 246 Å². The largest absolute Gasteiger partial charge is 1.00 e. The molecular weight excluding hydrogens is 1550 g/mol. The second-order valence-corrected chi connectivity index (χ2v) is 29.7. The van der Waals surface area contributed by atoms with Crippen LogP contribution in [0.5, 0.6) is 0 Å². The molecule has 0 bridgehead atoms. The molecule has 0 unspecified atom stereocenters. The maximum Gasteiger partial charge on any atom is 1.00 e. The Balaban J connectivity index is -0.0000000202. The standard InChI is InChI=1S/24CN.4Fe.18K/c24*1-2;;;;;;;;;;;;;;;;;;;;;;/q;;;;;;;;;;;;;;;;;;;;;;;;4*-3;18*+1. The third-order valence-electron chi connectivity index (χ3n) is 4.74. The summed E-state index contributed by atoms with van der Waals surface area (Å²) in [6, 6.07) is 0. The number of hydrogen-bond donors (Lipinski definition) is 0. The molecule has 0 spiro atoms. The van der Waals surface area contributed by atoms with E-state index in [2.05, 4.69) is 0 Å². The van der Waals surface area contributed by atoms with Gasteiger partial charge in [0.25, 0.3) is 0 Å². The van der Waals surface area contributed by atoms with Crippen LogP contribution in [-0.4, -0.2) is 0 Å². The Morgan fingerprint density at radius 2 is 0.129 bits per heavy atom. The van der Waals surface area contributed by atoms with Crippen LogP contribution in [0.1, 0.15) is 0 Å². The Morgan fingerprint density at radius 1 is 0.100 bits per heavy atom. The van der Waals surface area contributed by atoms with Crippen molar-refractivity contribution < 1.29 is 968 Å². The quantitative estimate of drug-likeness (QED) is 0.203. The van der Waals surface area contributed by atoms with Crippen molar-refractivity contribution in [2.24, 2.45) is 0 Å². The monoisotopic (exact) mass is 1550 g/mol. The molecule has 46 heteroatoms. The minimum absolute atomic E-state index is 0. The number of hydrogen-bond acceptors (Lipinski definition) is 24. The van der Waals surface area contributed by atoms with Crippen LogP contribution >= 0.6 is 0 Å². The Kier molecular flexibility index (Phi) is 138. The molecule has 0 radical (unpaired) electrons. The fourth-order valence-electron chi connectivity index (χ4n) is 1.06. The predicted molar refractivity (Wildman–Crippen MR) is 135 cm³/mol. The zero-order valence-corrected chi connectivity index (χ0v) is 103. The van der Waals surface area contributed by atoms with E-state index in [0.29, 0.717) is 0 Å². The molecule has 70 heavy (non-hydrogen) atoms. The summed E-state index contributed by atoms with van der Waals surface area (Å²) < 4.78 is 0. The van der Waals surface area contributed by atoms with Crippen LogP contribution in [0.25, 0.3) is 0 Å². The van der Waals surface area contributed by atoms with Gasteiger partial charge < -0.3 is 0 Å². The first-order valence-corrected chi connectivity index (χ1v) is 22.9. The first-order valence-electron chi connectivity index (χ1n) is 9.61. The van der Waals surface area contributed by atoms with E-state index in [1.165, 1.54) is 0 Å². The van der Waals surface area contributed by atoms with Crippen LogP contribution in [0.3, 0.4) is 0 Å². The van der Waals surface area contributed by atoms with Crippen molar-refractivity contribution in [3.05, 3.63) is 0 Å². The van der Waals surface area contributed by atoms with Crippen LogP contribution in [0.15, 0.2) is 0 Å². The molecule has 0 aromatic heterocycles. The third kappa shape index (κ3) is 33.5. The number of rotatable bonds is 0. The van der Waals surface area contributed by atoms with Crippen molar-refractivity contribution in [1.82, 2.24) is 0 Å². The molecule has 0 saturated heterocycles. The molecule has 0 N–H and O–H groups in total. The molecule has 0 aliphatic carbocycles. The van der Waals surface area contributed by atoms with Gasteiger partial charge in [-0.05, 0) is 0 Å². The summed E-state index contributed by atoms with van der Waals surface area (Å²) in [7, 11) is -24.7. The van der Waals surface area contributed by atoms with Crippen LogP contribution in [0.4, 0.5) is 0 Å². The van der Waals surface area contributed by atoms with Gasteiger partial charge in [-0.3, -0.25) is 0 Å². The topological polar surface area (TPSA) is 571 Å². The van der Waals surface area contributed by atoms with Gasteiger partial charge in [0.1, 0.15) is 0 Å². The average Bonchev–Trinajstić information content (AvgIpc) is 3.27. The van der Waals surface area contributed by atoms with Crippen molar-refractivity contribution >= 4 is 0 Å². The van der Waals surface area contributed by atoms with Gasteiger partial charge in [-0.15, -0.1) is 0 Å². The van der Waals surface area contributed by atoms with Gasteiger partial charge in [-0.2, -0.15) is 0 Å². The summed E-state index contributed by atoms with van der Waals surface area (Å²) in [5.41, 5.74) is 0. The van der Waals surface area contributed by atoms with Crippen LogP contribution in [0.2, 0.25) is 0 Å². The summed E-state index contributed by atoms with van der Waals surface area (Å²) in [5, 5.41) is 206. The van der Waals surface area contributed by atoms with Gasteiger partial charge in [-0.25, -0.2) is 0 Å². The van der Waals surface area contributed by atoms with Crippen molar-refractivity contribution in [3.63, 3.8) is 0 Å². The molecule has 0 heterocycles. The molecule has 260 valence electrons. The van der Waals surface area contributed by atoms with E-state index < -0.39 is 42.9 Å². The fraction of sp³-hybridized carbons (Fsp3) is 0. The van der Waals surface area contributed by atoms with Gasteiger partial charge in [0.05, 0.1) is 0 Å². The maximum atomic E-state index is 8.58. The number of nitrogens with zero attached hydrogens (tertiary/aromatic N) is 24. The molecular formula is C24Fe4K18N24+6. The first-order chi connectivity index (χ1) is 23.9. The third-order valence-corrected chi connectivity index (χ3v) is 19.6. The van der Waals surface area contributed by atoms with Gasteiger partial charge in [0.2, 0.25) is 0 Å². The van der Waals surface area contributed by atoms with Crippen molar-refractivity contribution in [3.8, 4) is 119 Å². The second kappa shape index (κ2) is 63.1. The van der Waals surface area contributed by atoms with Gasteiger partial charge >= 0.3 is 1210 Å². The molecule has 0 aromatic rings. The van der Waals surface area contributed by atoms with E-state index in [0.717, 1.165) is 119 Å². The molecule has 0 fully saturated rings. The zero-order chi connectivity index (χ0) is 42.6. The van der Waals surface area contributed by atoms with Crippen molar-refractivity contribution in [2.75, 3.05) is 0 Å². The molecule has 24 nitrogen and oxygen atoms in total. The second-order valence-electron chi connectivity index (χ2n) is 7.20. The maximum absolute atomic E-state index is 8.58. The van der Waals surface area contributed by atoms with Gasteiger partial charge in [0.15, 0.2) is 0 Å². The fourth-order valence-corrected chi connectivity index (χ4v) is 4.37. The Morgan fingerprint density at radius 3 is 0.129 bits per heavy atom. The summed E-state index contributed by atoms with van der Waals surface area (Å²) >= 11 is 0. The minimum Gasteiger partial charge on any atom is 1.00 e. The van der Waals surface area contributed by atoms with Crippen LogP contribution in [-0.2, 0) is 42.9 Å². The molecule has 0 aromatic carbocycles. The summed E-state index contributed by atoms with van der Waals surface area (Å²) in [4.78, 5) is 24.8. The smallest absolute Gasteiger partial charge is 1.00 e. The van der Waals surface area contributed by atoms with Gasteiger partial charge in [0, 0.05) is 0 Å². The average molecular weight is 1550 g/mol. The molecule has 0 rings (SSSR count). The first kappa shape index (κ1) is 154. The van der Waals surface area contributed by atoms with E-state index in [1.807, 2.05) is 0 Å². The Bertz CT molecular complexity index is 2010. The number of nitriles is 24. The molecule has 0 aliphatic rings. The van der Waals surface area contributed by atoms with Crippen molar-refractivity contribution in [2.45, 2.75) is 0 Å². The van der Waals surface area contributed by atoms with Gasteiger partial charge in [-0.1, -0.05) is 0 Å². The van der Waals surface area contributed by atoms with E-state index >= 15 is 0 Å². The molecule has 0 aliphatic heterocycles. The molecule has 0 saturated carbocycles. The van der Waals surface area contributed by atoms with E-state index in [1.54, 1.807) is 0 Å². The summed E-state index contributed by atoms with van der Waals surface area (Å²) in [5.74, 6) is 0. The minimum atomic E-state index is -6.17. The summed E-state index contributed by atoms with van der Waals surface area (Å²) in [6.45, 7) is 0.